The number of aliphatic hydroxyl groups is 1. The molecule has 9 nitrogen and oxygen atoms in total. The summed E-state index contributed by atoms with van der Waals surface area (Å²) in [6.45, 7) is 15.0. The van der Waals surface area contributed by atoms with E-state index in [9.17, 15) is 19.2 Å². The van der Waals surface area contributed by atoms with Crippen molar-refractivity contribution in [1.82, 2.24) is 0 Å². The first-order chi connectivity index (χ1) is 12.9. The molecule has 0 saturated carbocycles. The number of carbonyl (C=O) groups excluding carboxylic acids is 3. The van der Waals surface area contributed by atoms with E-state index in [-0.39, 0.29) is 31.4 Å². The number of rotatable bonds is 8. The van der Waals surface area contributed by atoms with E-state index in [0.717, 1.165) is 12.2 Å². The number of methoxy groups -OCH3 is 1. The Hall–Kier alpha value is -3.20. The minimum atomic E-state index is -1.12. The molecule has 28 heavy (non-hydrogen) atoms. The lowest BCUT2D eigenvalue weighted by molar-refractivity contribution is -0.140. The van der Waals surface area contributed by atoms with Gasteiger partial charge in [-0.1, -0.05) is 19.7 Å². The third kappa shape index (κ3) is 20.8. The minimum Gasteiger partial charge on any atom is -0.478 e. The second-order valence-corrected chi connectivity index (χ2v) is 4.83. The highest BCUT2D eigenvalue weighted by molar-refractivity contribution is 5.93. The van der Waals surface area contributed by atoms with Crippen molar-refractivity contribution in [3.63, 3.8) is 0 Å². The van der Waals surface area contributed by atoms with E-state index in [2.05, 4.69) is 33.9 Å². The molecule has 0 unspecified atom stereocenters. The van der Waals surface area contributed by atoms with E-state index in [1.807, 2.05) is 0 Å². The summed E-state index contributed by atoms with van der Waals surface area (Å²) >= 11 is 0. The molecule has 0 aromatic rings. The normalized spacial score (nSPS) is 8.89. The lowest BCUT2D eigenvalue weighted by atomic mass is 10.3. The van der Waals surface area contributed by atoms with Gasteiger partial charge < -0.3 is 24.4 Å². The number of aliphatic hydroxyl groups excluding tert-OH is 1. The van der Waals surface area contributed by atoms with Crippen molar-refractivity contribution >= 4 is 23.9 Å². The summed E-state index contributed by atoms with van der Waals surface area (Å²) in [5, 5.41) is 16.4. The van der Waals surface area contributed by atoms with Crippen LogP contribution in [0.3, 0.4) is 0 Å². The molecule has 158 valence electrons. The molecule has 0 amide bonds. The number of hydrogen-bond acceptors (Lipinski definition) is 8. The Labute approximate surface area is 164 Å². The Morgan fingerprint density at radius 3 is 1.68 bits per heavy atom. The van der Waals surface area contributed by atoms with E-state index in [1.54, 1.807) is 20.8 Å². The Morgan fingerprint density at radius 1 is 0.893 bits per heavy atom. The topological polar surface area (TPSA) is 136 Å². The SMILES string of the molecule is C=C(C)C(=O)OC.C=C(C)C(=O)OCCO.C=C(C=CC(=O)O)C(=O)OCC. The predicted molar refractivity (Wildman–Crippen MR) is 102 cm³/mol. The van der Waals surface area contributed by atoms with Crippen LogP contribution in [0.4, 0.5) is 0 Å². The standard InChI is InChI=1S/C8H10O4.C6H10O3.C5H8O2/c1-3-12-8(11)6(2)4-5-7(9)10;1-5(2)6(8)9-4-3-7;1-4(2)5(6)7-3/h4-5H,2-3H2,1H3,(H,9,10);7H,1,3-4H2,2H3;1H2,2-3H3. The van der Waals surface area contributed by atoms with Crippen LogP contribution >= 0.6 is 0 Å². The Balaban J connectivity index is -0.000000349. The van der Waals surface area contributed by atoms with Gasteiger partial charge in [0.25, 0.3) is 0 Å². The van der Waals surface area contributed by atoms with Crippen LogP contribution in [0.25, 0.3) is 0 Å². The van der Waals surface area contributed by atoms with Crippen molar-refractivity contribution < 1.29 is 43.6 Å². The van der Waals surface area contributed by atoms with Crippen LogP contribution in [0.15, 0.2) is 48.6 Å². The van der Waals surface area contributed by atoms with E-state index in [0.29, 0.717) is 11.1 Å². The maximum Gasteiger partial charge on any atom is 0.337 e. The van der Waals surface area contributed by atoms with Crippen LogP contribution in [0.1, 0.15) is 20.8 Å². The Bertz CT molecular complexity index is 601. The highest BCUT2D eigenvalue weighted by Gasteiger charge is 2.03. The molecule has 2 N–H and O–H groups in total. The number of hydrogen-bond donors (Lipinski definition) is 2. The van der Waals surface area contributed by atoms with Crippen LogP contribution in [0, 0.1) is 0 Å². The highest BCUT2D eigenvalue weighted by atomic mass is 16.5. The summed E-state index contributed by atoms with van der Waals surface area (Å²) < 4.78 is 13.3. The van der Waals surface area contributed by atoms with E-state index < -0.39 is 17.9 Å². The minimum absolute atomic E-state index is 0.0271. The van der Waals surface area contributed by atoms with Gasteiger partial charge in [0, 0.05) is 17.2 Å². The third-order valence-corrected chi connectivity index (χ3v) is 2.17. The summed E-state index contributed by atoms with van der Waals surface area (Å²) in [5.74, 6) is -2.53. The van der Waals surface area contributed by atoms with Gasteiger partial charge in [-0.15, -0.1) is 0 Å². The van der Waals surface area contributed by atoms with Crippen LogP contribution in [0.5, 0.6) is 0 Å². The van der Waals surface area contributed by atoms with Crippen molar-refractivity contribution in [2.45, 2.75) is 20.8 Å². The molecule has 0 fully saturated rings. The molecule has 0 bridgehead atoms. The zero-order valence-corrected chi connectivity index (χ0v) is 16.6. The molecular formula is C19H28O9. The summed E-state index contributed by atoms with van der Waals surface area (Å²) in [6, 6.07) is 0. The molecule has 0 aliphatic rings. The fourth-order valence-electron chi connectivity index (χ4n) is 0.899. The van der Waals surface area contributed by atoms with Gasteiger partial charge in [-0.2, -0.15) is 0 Å². The van der Waals surface area contributed by atoms with Crippen molar-refractivity contribution in [3.8, 4) is 0 Å². The van der Waals surface area contributed by atoms with Gasteiger partial charge in [-0.05, 0) is 26.8 Å². The summed E-state index contributed by atoms with van der Waals surface area (Å²) in [5.41, 5.74) is 0.810. The molecule has 0 saturated heterocycles. The first kappa shape index (κ1) is 29.6. The number of carboxylic acids is 1. The number of ether oxygens (including phenoxy) is 3. The zero-order chi connectivity index (χ0) is 22.7. The smallest absolute Gasteiger partial charge is 0.337 e. The van der Waals surface area contributed by atoms with Crippen molar-refractivity contribution in [1.29, 1.82) is 0 Å². The summed E-state index contributed by atoms with van der Waals surface area (Å²) in [7, 11) is 1.33. The van der Waals surface area contributed by atoms with Gasteiger partial charge in [0.05, 0.1) is 25.9 Å². The van der Waals surface area contributed by atoms with Crippen molar-refractivity contribution in [2.24, 2.45) is 0 Å². The van der Waals surface area contributed by atoms with E-state index in [4.69, 9.17) is 10.2 Å². The average molecular weight is 400 g/mol. The van der Waals surface area contributed by atoms with Crippen LogP contribution in [0.2, 0.25) is 0 Å². The lowest BCUT2D eigenvalue weighted by Gasteiger charge is -1.99. The van der Waals surface area contributed by atoms with E-state index in [1.165, 1.54) is 7.11 Å². The van der Waals surface area contributed by atoms with Gasteiger partial charge in [0.15, 0.2) is 0 Å². The fraction of sp³-hybridized carbons (Fsp3) is 0.368. The average Bonchev–Trinajstić information content (AvgIpc) is 2.64. The molecule has 0 atom stereocenters. The molecule has 0 aromatic carbocycles. The van der Waals surface area contributed by atoms with Crippen LogP contribution in [-0.2, 0) is 33.4 Å². The molecule has 0 heterocycles. The number of carboxylic acid groups (broad SMARTS) is 1. The molecule has 0 radical (unpaired) electrons. The van der Waals surface area contributed by atoms with Gasteiger partial charge >= 0.3 is 23.9 Å². The van der Waals surface area contributed by atoms with Gasteiger partial charge in [-0.3, -0.25) is 0 Å². The zero-order valence-electron chi connectivity index (χ0n) is 16.6. The molecule has 0 aromatic heterocycles. The van der Waals surface area contributed by atoms with Crippen molar-refractivity contribution in [2.75, 3.05) is 26.9 Å². The fourth-order valence-corrected chi connectivity index (χ4v) is 0.899. The Kier molecular flexibility index (Phi) is 19.6. The quantitative estimate of drug-likeness (QED) is 0.269. The maximum atomic E-state index is 10.8. The second-order valence-electron chi connectivity index (χ2n) is 4.83. The largest absolute Gasteiger partial charge is 0.478 e. The lowest BCUT2D eigenvalue weighted by Crippen LogP contribution is -2.08. The molecule has 0 rings (SSSR count). The van der Waals surface area contributed by atoms with Gasteiger partial charge in [0.1, 0.15) is 6.61 Å². The maximum absolute atomic E-state index is 10.8. The Morgan fingerprint density at radius 2 is 1.39 bits per heavy atom. The second kappa shape index (κ2) is 18.6. The first-order valence-corrected chi connectivity index (χ1v) is 7.88. The third-order valence-electron chi connectivity index (χ3n) is 2.17. The summed E-state index contributed by atoms with van der Waals surface area (Å²) in [6.07, 6.45) is 1.93. The monoisotopic (exact) mass is 400 g/mol. The molecule has 0 spiro atoms. The van der Waals surface area contributed by atoms with Gasteiger partial charge in [-0.25, -0.2) is 19.2 Å². The van der Waals surface area contributed by atoms with Crippen LogP contribution in [-0.4, -0.2) is 61.0 Å². The summed E-state index contributed by atoms with van der Waals surface area (Å²) in [4.78, 5) is 41.5. The highest BCUT2D eigenvalue weighted by Crippen LogP contribution is 1.96. The number of esters is 3. The van der Waals surface area contributed by atoms with E-state index >= 15 is 0 Å². The molecule has 0 aliphatic carbocycles. The van der Waals surface area contributed by atoms with Crippen LogP contribution < -0.4 is 0 Å². The number of aliphatic carboxylic acids is 1. The molecule has 0 aliphatic heterocycles. The molecular weight excluding hydrogens is 372 g/mol. The molecule has 9 heteroatoms. The van der Waals surface area contributed by atoms with Gasteiger partial charge in [0.2, 0.25) is 0 Å². The van der Waals surface area contributed by atoms with Crippen molar-refractivity contribution in [3.05, 3.63) is 48.6 Å². The predicted octanol–water partition coefficient (Wildman–Crippen LogP) is 1.58. The number of carbonyl (C=O) groups is 4. The first-order valence-electron chi connectivity index (χ1n) is 7.88.